The number of imide groups is 1. The number of nitrogens with two attached hydrogens (primary N) is 1. The molecule has 0 unspecified atom stereocenters. The monoisotopic (exact) mass is 541 g/mol. The molecule has 4 N–H and O–H groups in total. The van der Waals surface area contributed by atoms with Crippen molar-refractivity contribution in [2.45, 2.75) is 24.8 Å². The van der Waals surface area contributed by atoms with Gasteiger partial charge in [0.15, 0.2) is 0 Å². The normalized spacial score (nSPS) is 13.5. The third-order valence-corrected chi connectivity index (χ3v) is 9.10. The molecule has 2 aromatic carbocycles. The molecule has 4 amide bonds. The van der Waals surface area contributed by atoms with Crippen LogP contribution in [0.1, 0.15) is 38.1 Å². The maximum atomic E-state index is 13.1. The molecule has 0 atom stereocenters. The Morgan fingerprint density at radius 2 is 1.73 bits per heavy atom. The van der Waals surface area contributed by atoms with E-state index in [1.54, 1.807) is 30.3 Å². The number of carbonyl (C=O) groups excluding carboxylic acids is 3. The molecule has 0 saturated heterocycles. The topological polar surface area (TPSA) is 142 Å². The van der Waals surface area contributed by atoms with Gasteiger partial charge in [-0.1, -0.05) is 25.1 Å². The van der Waals surface area contributed by atoms with Gasteiger partial charge in [-0.2, -0.15) is 0 Å². The first-order valence-corrected chi connectivity index (χ1v) is 13.8. The van der Waals surface area contributed by atoms with E-state index in [-0.39, 0.29) is 16.0 Å². The van der Waals surface area contributed by atoms with Gasteiger partial charge in [-0.15, -0.1) is 11.3 Å². The number of urea groups is 1. The summed E-state index contributed by atoms with van der Waals surface area (Å²) in [5.74, 6) is -1.19. The van der Waals surface area contributed by atoms with E-state index in [2.05, 4.69) is 15.5 Å². The second-order valence-electron chi connectivity index (χ2n) is 8.43. The second-order valence-corrected chi connectivity index (χ2v) is 11.5. The van der Waals surface area contributed by atoms with Gasteiger partial charge < -0.3 is 11.1 Å². The van der Waals surface area contributed by atoms with Gasteiger partial charge in [0.05, 0.1) is 16.1 Å². The number of primary amides is 1. The van der Waals surface area contributed by atoms with Gasteiger partial charge in [0, 0.05) is 30.6 Å². The lowest BCUT2D eigenvalue weighted by Crippen LogP contribution is -2.36. The van der Waals surface area contributed by atoms with Gasteiger partial charge >= 0.3 is 6.03 Å². The standard InChI is InChI=1S/C25H27N5O5S2/c1-3-30-14-13-19-20(15-30)36-24(21(19)23(32)28-25(26)33)27-22(31)16-9-11-18(12-10-16)37(34,35)29(2)17-7-5-4-6-8-17/h4-12H,3,13-15H2,1-2H3,(H,27,31)(H3,26,28,32,33). The van der Waals surface area contributed by atoms with E-state index >= 15 is 0 Å². The number of fused-ring (bicyclic) bond motifs is 1. The van der Waals surface area contributed by atoms with Gasteiger partial charge in [-0.25, -0.2) is 13.2 Å². The fourth-order valence-electron chi connectivity index (χ4n) is 4.12. The Kier molecular flexibility index (Phi) is 7.62. The summed E-state index contributed by atoms with van der Waals surface area (Å²) in [5.41, 5.74) is 6.89. The highest BCUT2D eigenvalue weighted by atomic mass is 32.2. The summed E-state index contributed by atoms with van der Waals surface area (Å²) in [6, 6.07) is 13.2. The van der Waals surface area contributed by atoms with Gasteiger partial charge in [0.25, 0.3) is 21.8 Å². The number of thiophene rings is 1. The average molecular weight is 542 g/mol. The summed E-state index contributed by atoms with van der Waals surface area (Å²) in [6.07, 6.45) is 0.596. The van der Waals surface area contributed by atoms with Crippen molar-refractivity contribution >= 4 is 49.9 Å². The van der Waals surface area contributed by atoms with Crippen molar-refractivity contribution < 1.29 is 22.8 Å². The number of amides is 4. The molecule has 10 nitrogen and oxygen atoms in total. The molecule has 1 aliphatic heterocycles. The highest BCUT2D eigenvalue weighted by Crippen LogP contribution is 2.37. The zero-order chi connectivity index (χ0) is 26.7. The number of para-hydroxylation sites is 1. The largest absolute Gasteiger partial charge is 0.351 e. The maximum Gasteiger partial charge on any atom is 0.319 e. The number of hydrogen-bond donors (Lipinski definition) is 3. The van der Waals surface area contributed by atoms with Gasteiger partial charge in [-0.05, 0) is 54.9 Å². The van der Waals surface area contributed by atoms with Crippen molar-refractivity contribution in [3.63, 3.8) is 0 Å². The van der Waals surface area contributed by atoms with Crippen molar-refractivity contribution in [1.82, 2.24) is 10.2 Å². The van der Waals surface area contributed by atoms with Crippen LogP contribution in [0.25, 0.3) is 0 Å². The fourth-order valence-corrected chi connectivity index (χ4v) is 6.60. The molecular weight excluding hydrogens is 514 g/mol. The average Bonchev–Trinajstić information content (AvgIpc) is 3.25. The number of rotatable bonds is 7. The highest BCUT2D eigenvalue weighted by Gasteiger charge is 2.29. The van der Waals surface area contributed by atoms with Crippen LogP contribution in [0.4, 0.5) is 15.5 Å². The van der Waals surface area contributed by atoms with E-state index in [4.69, 9.17) is 5.73 Å². The summed E-state index contributed by atoms with van der Waals surface area (Å²) in [7, 11) is -2.37. The van der Waals surface area contributed by atoms with Gasteiger partial charge in [0.2, 0.25) is 0 Å². The zero-order valence-corrected chi connectivity index (χ0v) is 22.0. The molecule has 12 heteroatoms. The minimum absolute atomic E-state index is 0.0307. The first-order chi connectivity index (χ1) is 17.6. The van der Waals surface area contributed by atoms with Crippen LogP contribution < -0.4 is 20.7 Å². The number of nitrogens with zero attached hydrogens (tertiary/aromatic N) is 2. The molecule has 0 bridgehead atoms. The molecule has 2 heterocycles. The molecule has 4 rings (SSSR count). The Morgan fingerprint density at radius 3 is 2.35 bits per heavy atom. The molecule has 0 radical (unpaired) electrons. The lowest BCUT2D eigenvalue weighted by atomic mass is 10.0. The summed E-state index contributed by atoms with van der Waals surface area (Å²) < 4.78 is 27.2. The number of likely N-dealkylation sites (N-methyl/N-ethyl adjacent to an activating group) is 1. The van der Waals surface area contributed by atoms with Crippen LogP contribution in [0.3, 0.4) is 0 Å². The Bertz CT molecular complexity index is 1440. The third-order valence-electron chi connectivity index (χ3n) is 6.17. The van der Waals surface area contributed by atoms with Gasteiger partial charge in [-0.3, -0.25) is 24.1 Å². The van der Waals surface area contributed by atoms with Crippen molar-refractivity contribution in [1.29, 1.82) is 0 Å². The van der Waals surface area contributed by atoms with E-state index in [0.717, 1.165) is 23.5 Å². The summed E-state index contributed by atoms with van der Waals surface area (Å²) in [5, 5.41) is 5.17. The third kappa shape index (κ3) is 5.50. The first-order valence-electron chi connectivity index (χ1n) is 11.5. The molecule has 1 aromatic heterocycles. The highest BCUT2D eigenvalue weighted by molar-refractivity contribution is 7.92. The number of carbonyl (C=O) groups is 3. The van der Waals surface area contributed by atoms with E-state index in [1.807, 2.05) is 6.92 Å². The summed E-state index contributed by atoms with van der Waals surface area (Å²) in [6.45, 7) is 4.27. The molecule has 194 valence electrons. The molecule has 0 saturated carbocycles. The lowest BCUT2D eigenvalue weighted by molar-refractivity contribution is 0.0966. The molecule has 0 fully saturated rings. The van der Waals surface area contributed by atoms with Crippen molar-refractivity contribution in [2.75, 3.05) is 29.8 Å². The Labute approximate surface area is 219 Å². The first kappa shape index (κ1) is 26.3. The van der Waals surface area contributed by atoms with Crippen LogP contribution in [0.5, 0.6) is 0 Å². The van der Waals surface area contributed by atoms with Crippen molar-refractivity contribution in [3.8, 4) is 0 Å². The fraction of sp³-hybridized carbons (Fsp3) is 0.240. The second kappa shape index (κ2) is 10.7. The van der Waals surface area contributed by atoms with E-state index < -0.39 is 27.9 Å². The molecule has 37 heavy (non-hydrogen) atoms. The number of hydrogen-bond acceptors (Lipinski definition) is 7. The van der Waals surface area contributed by atoms with Crippen molar-refractivity contribution in [2.24, 2.45) is 5.73 Å². The maximum absolute atomic E-state index is 13.1. The van der Waals surface area contributed by atoms with Crippen LogP contribution in [0, 0.1) is 0 Å². The minimum Gasteiger partial charge on any atom is -0.351 e. The lowest BCUT2D eigenvalue weighted by Gasteiger charge is -2.25. The summed E-state index contributed by atoms with van der Waals surface area (Å²) >= 11 is 1.28. The molecular formula is C25H27N5O5S2. The smallest absolute Gasteiger partial charge is 0.319 e. The summed E-state index contributed by atoms with van der Waals surface area (Å²) in [4.78, 5) is 40.3. The van der Waals surface area contributed by atoms with Crippen LogP contribution in [0.15, 0.2) is 59.5 Å². The minimum atomic E-state index is -3.83. The van der Waals surface area contributed by atoms with E-state index in [0.29, 0.717) is 23.7 Å². The van der Waals surface area contributed by atoms with Crippen LogP contribution in [-0.4, -0.2) is 51.3 Å². The number of sulfonamides is 1. The Morgan fingerprint density at radius 1 is 1.05 bits per heavy atom. The molecule has 0 aliphatic carbocycles. The number of anilines is 2. The Hall–Kier alpha value is -3.74. The predicted molar refractivity (Wildman–Crippen MR) is 142 cm³/mol. The molecule has 3 aromatic rings. The van der Waals surface area contributed by atoms with Crippen molar-refractivity contribution in [3.05, 3.63) is 76.2 Å². The number of nitrogens with one attached hydrogen (secondary N) is 2. The van der Waals surface area contributed by atoms with Crippen LogP contribution in [-0.2, 0) is 23.0 Å². The van der Waals surface area contributed by atoms with Crippen LogP contribution >= 0.6 is 11.3 Å². The SMILES string of the molecule is CCN1CCc2c(sc(NC(=O)c3ccc(S(=O)(=O)N(C)c4ccccc4)cc3)c2C(=O)NC(N)=O)C1. The predicted octanol–water partition coefficient (Wildman–Crippen LogP) is 3.01. The molecule has 1 aliphatic rings. The number of benzene rings is 2. The quantitative estimate of drug-likeness (QED) is 0.420. The van der Waals surface area contributed by atoms with Gasteiger partial charge in [0.1, 0.15) is 5.00 Å². The Balaban J connectivity index is 1.58. The van der Waals surface area contributed by atoms with E-state index in [1.165, 1.54) is 47.0 Å². The van der Waals surface area contributed by atoms with E-state index in [9.17, 15) is 22.8 Å². The van der Waals surface area contributed by atoms with Crippen LogP contribution in [0.2, 0.25) is 0 Å². The molecule has 0 spiro atoms. The zero-order valence-electron chi connectivity index (χ0n) is 20.4.